The summed E-state index contributed by atoms with van der Waals surface area (Å²) in [5.74, 6) is 0.00865. The number of aliphatic hydroxyl groups is 1. The molecule has 3 N–H and O–H groups in total. The number of nitrogens with two attached hydrogens (primary N) is 1. The van der Waals surface area contributed by atoms with Gasteiger partial charge in [-0.05, 0) is 41.7 Å². The van der Waals surface area contributed by atoms with E-state index in [1.165, 1.54) is 0 Å². The second kappa shape index (κ2) is 6.94. The van der Waals surface area contributed by atoms with Gasteiger partial charge in [0.15, 0.2) is 0 Å². The van der Waals surface area contributed by atoms with Crippen molar-refractivity contribution in [2.45, 2.75) is 18.9 Å². The zero-order chi connectivity index (χ0) is 16.2. The second-order valence-corrected chi connectivity index (χ2v) is 5.93. The number of carbonyl (C=O) groups is 1. The van der Waals surface area contributed by atoms with Gasteiger partial charge >= 0.3 is 0 Å². The van der Waals surface area contributed by atoms with Crippen LogP contribution in [0.2, 0.25) is 0 Å². The number of carbonyl (C=O) groups excluding carboxylic acids is 1. The van der Waals surface area contributed by atoms with Crippen LogP contribution in [0.15, 0.2) is 42.5 Å². The molecule has 2 aromatic rings. The molecule has 3 rings (SSSR count). The van der Waals surface area contributed by atoms with E-state index >= 15 is 0 Å². The number of hydrogen-bond acceptors (Lipinski definition) is 3. The first-order valence-electron chi connectivity index (χ1n) is 7.94. The maximum absolute atomic E-state index is 12.7. The Hall–Kier alpha value is -2.17. The lowest BCUT2D eigenvalue weighted by Crippen LogP contribution is -2.32. The average molecular weight is 309 g/mol. The predicted molar refractivity (Wildman–Crippen MR) is 90.0 cm³/mol. The Balaban J connectivity index is 1.92. The Morgan fingerprint density at radius 3 is 2.70 bits per heavy atom. The molecule has 0 spiro atoms. The zero-order valence-corrected chi connectivity index (χ0v) is 13.0. The molecule has 4 nitrogen and oxygen atoms in total. The molecule has 0 unspecified atom stereocenters. The molecule has 0 aliphatic carbocycles. The summed E-state index contributed by atoms with van der Waals surface area (Å²) >= 11 is 0. The normalized spacial score (nSPS) is 17.5. The van der Waals surface area contributed by atoms with Crippen molar-refractivity contribution in [1.29, 1.82) is 0 Å². The fourth-order valence-electron chi connectivity index (χ4n) is 3.03. The summed E-state index contributed by atoms with van der Waals surface area (Å²) in [6.07, 6.45) is 1.31. The number of amides is 1. The Bertz CT molecular complexity index is 685. The van der Waals surface area contributed by atoms with Crippen LogP contribution in [0, 0.1) is 6.07 Å². The second-order valence-electron chi connectivity index (χ2n) is 5.93. The molecule has 1 heterocycles. The number of benzene rings is 2. The summed E-state index contributed by atoms with van der Waals surface area (Å²) in [4.78, 5) is 14.5. The van der Waals surface area contributed by atoms with Crippen molar-refractivity contribution in [2.24, 2.45) is 5.73 Å². The number of rotatable bonds is 4. The van der Waals surface area contributed by atoms with Gasteiger partial charge in [0.05, 0.1) is 0 Å². The number of hydrogen-bond donors (Lipinski definition) is 2. The molecular weight excluding hydrogens is 288 g/mol. The standard InChI is InChI=1S/C19H21N2O2/c20-17-8-10-21(13-17)19(23)18-7-6-15(12-16(18)9-11-22)14-4-2-1-3-5-14/h2-7,12,17,22H,8-11,13,20H2/t17-/m0/s1. The first-order valence-corrected chi connectivity index (χ1v) is 7.94. The Labute approximate surface area is 136 Å². The molecule has 1 saturated heterocycles. The van der Waals surface area contributed by atoms with Gasteiger partial charge in [-0.1, -0.05) is 36.4 Å². The average Bonchev–Trinajstić information content (AvgIpc) is 3.02. The Kier molecular flexibility index (Phi) is 4.74. The van der Waals surface area contributed by atoms with Crippen LogP contribution in [0.3, 0.4) is 0 Å². The monoisotopic (exact) mass is 309 g/mol. The van der Waals surface area contributed by atoms with Gasteiger partial charge in [0.2, 0.25) is 0 Å². The van der Waals surface area contributed by atoms with E-state index in [4.69, 9.17) is 5.73 Å². The molecule has 0 bridgehead atoms. The highest BCUT2D eigenvalue weighted by Gasteiger charge is 2.26. The largest absolute Gasteiger partial charge is 0.396 e. The van der Waals surface area contributed by atoms with Gasteiger partial charge < -0.3 is 15.7 Å². The summed E-state index contributed by atoms with van der Waals surface area (Å²) in [6.45, 7) is 1.33. The highest BCUT2D eigenvalue weighted by atomic mass is 16.3. The van der Waals surface area contributed by atoms with E-state index in [0.29, 0.717) is 25.1 Å². The molecule has 1 aliphatic heterocycles. The molecule has 1 amide bonds. The van der Waals surface area contributed by atoms with Crippen LogP contribution < -0.4 is 5.73 Å². The van der Waals surface area contributed by atoms with Gasteiger partial charge in [0.25, 0.3) is 5.91 Å². The van der Waals surface area contributed by atoms with Gasteiger partial charge in [-0.3, -0.25) is 4.79 Å². The first-order chi connectivity index (χ1) is 11.2. The molecule has 1 radical (unpaired) electrons. The number of likely N-dealkylation sites (tertiary alicyclic amines) is 1. The van der Waals surface area contributed by atoms with E-state index in [9.17, 15) is 9.90 Å². The van der Waals surface area contributed by atoms with Crippen molar-refractivity contribution < 1.29 is 9.90 Å². The van der Waals surface area contributed by atoms with Crippen molar-refractivity contribution in [1.82, 2.24) is 4.90 Å². The van der Waals surface area contributed by atoms with Crippen molar-refractivity contribution in [3.8, 4) is 11.1 Å². The molecule has 1 atom stereocenters. The lowest BCUT2D eigenvalue weighted by Gasteiger charge is -2.18. The van der Waals surface area contributed by atoms with Gasteiger partial charge in [0, 0.05) is 31.3 Å². The minimum absolute atomic E-state index is 0.00865. The van der Waals surface area contributed by atoms with Crippen molar-refractivity contribution in [3.05, 3.63) is 59.7 Å². The molecule has 119 valence electrons. The molecule has 4 heteroatoms. The van der Waals surface area contributed by atoms with Gasteiger partial charge in [-0.25, -0.2) is 0 Å². The number of aliphatic hydroxyl groups excluding tert-OH is 1. The van der Waals surface area contributed by atoms with E-state index in [2.05, 4.69) is 6.07 Å². The summed E-state index contributed by atoms with van der Waals surface area (Å²) in [7, 11) is 0. The van der Waals surface area contributed by atoms with Crippen molar-refractivity contribution in [2.75, 3.05) is 19.7 Å². The third-order valence-corrected chi connectivity index (χ3v) is 4.28. The van der Waals surface area contributed by atoms with Crippen molar-refractivity contribution >= 4 is 5.91 Å². The van der Waals surface area contributed by atoms with E-state index in [-0.39, 0.29) is 18.6 Å². The van der Waals surface area contributed by atoms with E-state index in [0.717, 1.165) is 23.1 Å². The highest BCUT2D eigenvalue weighted by Crippen LogP contribution is 2.24. The summed E-state index contributed by atoms with van der Waals surface area (Å²) in [6, 6.07) is 16.6. The molecule has 0 saturated carbocycles. The highest BCUT2D eigenvalue weighted by molar-refractivity contribution is 5.96. The van der Waals surface area contributed by atoms with Gasteiger partial charge in [0.1, 0.15) is 0 Å². The lowest BCUT2D eigenvalue weighted by atomic mass is 9.97. The third kappa shape index (κ3) is 3.44. The van der Waals surface area contributed by atoms with Crippen LogP contribution in [0.1, 0.15) is 22.3 Å². The van der Waals surface area contributed by atoms with Crippen LogP contribution in [0.25, 0.3) is 11.1 Å². The molecular formula is C19H21N2O2. The van der Waals surface area contributed by atoms with Gasteiger partial charge in [-0.2, -0.15) is 0 Å². The van der Waals surface area contributed by atoms with Crippen LogP contribution >= 0.6 is 0 Å². The maximum atomic E-state index is 12.7. The third-order valence-electron chi connectivity index (χ3n) is 4.28. The Morgan fingerprint density at radius 2 is 2.04 bits per heavy atom. The topological polar surface area (TPSA) is 66.6 Å². The predicted octanol–water partition coefficient (Wildman–Crippen LogP) is 1.86. The quantitative estimate of drug-likeness (QED) is 0.906. The van der Waals surface area contributed by atoms with E-state index in [1.807, 2.05) is 42.5 Å². The van der Waals surface area contributed by atoms with Crippen LogP contribution in [0.5, 0.6) is 0 Å². The molecule has 1 aliphatic rings. The summed E-state index contributed by atoms with van der Waals surface area (Å²) in [5, 5.41) is 9.34. The SMILES string of the molecule is N[C@H]1CCN(C(=O)c2ccc(-c3cc[c]cc3)cc2CCO)C1. The van der Waals surface area contributed by atoms with E-state index in [1.54, 1.807) is 4.90 Å². The minimum Gasteiger partial charge on any atom is -0.396 e. The van der Waals surface area contributed by atoms with Crippen LogP contribution in [0.4, 0.5) is 0 Å². The van der Waals surface area contributed by atoms with Crippen LogP contribution in [-0.2, 0) is 6.42 Å². The smallest absolute Gasteiger partial charge is 0.254 e. The molecule has 23 heavy (non-hydrogen) atoms. The maximum Gasteiger partial charge on any atom is 0.254 e. The zero-order valence-electron chi connectivity index (χ0n) is 13.0. The van der Waals surface area contributed by atoms with E-state index < -0.39 is 0 Å². The summed E-state index contributed by atoms with van der Waals surface area (Å²) in [5.41, 5.74) is 9.56. The molecule has 1 fully saturated rings. The molecule has 0 aromatic heterocycles. The summed E-state index contributed by atoms with van der Waals surface area (Å²) < 4.78 is 0. The van der Waals surface area contributed by atoms with Crippen molar-refractivity contribution in [3.63, 3.8) is 0 Å². The Morgan fingerprint density at radius 1 is 1.26 bits per heavy atom. The first kappa shape index (κ1) is 15.7. The molecule has 2 aromatic carbocycles. The fourth-order valence-corrected chi connectivity index (χ4v) is 3.03. The minimum atomic E-state index is 0.00865. The van der Waals surface area contributed by atoms with Crippen LogP contribution in [-0.4, -0.2) is 41.7 Å². The van der Waals surface area contributed by atoms with Gasteiger partial charge in [-0.15, -0.1) is 0 Å². The lowest BCUT2D eigenvalue weighted by molar-refractivity contribution is 0.0789. The number of nitrogens with zero attached hydrogens (tertiary/aromatic N) is 1. The fraction of sp³-hybridized carbons (Fsp3) is 0.316.